The summed E-state index contributed by atoms with van der Waals surface area (Å²) in [5.41, 5.74) is 1.56. The van der Waals surface area contributed by atoms with E-state index in [-0.39, 0.29) is 17.4 Å². The lowest BCUT2D eigenvalue weighted by Gasteiger charge is -2.12. The van der Waals surface area contributed by atoms with Crippen molar-refractivity contribution in [3.63, 3.8) is 0 Å². The van der Waals surface area contributed by atoms with E-state index >= 15 is 0 Å². The van der Waals surface area contributed by atoms with Gasteiger partial charge in [0.15, 0.2) is 0 Å². The zero-order valence-corrected chi connectivity index (χ0v) is 22.5. The van der Waals surface area contributed by atoms with Crippen molar-refractivity contribution in [2.24, 2.45) is 0 Å². The van der Waals surface area contributed by atoms with E-state index in [2.05, 4.69) is 26.1 Å². The third kappa shape index (κ3) is 7.75. The first kappa shape index (κ1) is 27.1. The third-order valence-electron chi connectivity index (χ3n) is 4.99. The fourth-order valence-electron chi connectivity index (χ4n) is 3.17. The van der Waals surface area contributed by atoms with Gasteiger partial charge in [0.25, 0.3) is 11.8 Å². The smallest absolute Gasteiger partial charge is 0.272 e. The van der Waals surface area contributed by atoms with E-state index < -0.39 is 11.8 Å². The molecule has 3 amide bonds. The maximum absolute atomic E-state index is 13.2. The average molecular weight is 564 g/mol. The van der Waals surface area contributed by atoms with E-state index in [0.717, 1.165) is 9.90 Å². The summed E-state index contributed by atoms with van der Waals surface area (Å²) in [4.78, 5) is 38.9. The standard InChI is InChI=1S/C27H22ClN5O3S2/c1-17-32-33-27(38-17)31-24(34)16-37-21-13-11-20(12-14-21)29-26(36)23(15-19-9-5-6-10-22(19)28)30-25(35)18-7-3-2-4-8-18/h2-15H,16H2,1H3,(H,29,36)(H,30,35)(H,31,33,34)/b23-15-. The average Bonchev–Trinajstić information content (AvgIpc) is 3.33. The highest BCUT2D eigenvalue weighted by atomic mass is 35.5. The summed E-state index contributed by atoms with van der Waals surface area (Å²) in [6.45, 7) is 1.81. The number of thioether (sulfide) groups is 1. The number of carbonyl (C=O) groups is 3. The number of hydrogen-bond acceptors (Lipinski definition) is 7. The van der Waals surface area contributed by atoms with Crippen molar-refractivity contribution in [3.05, 3.63) is 106 Å². The fourth-order valence-corrected chi connectivity index (χ4v) is 4.67. The predicted octanol–water partition coefficient (Wildman–Crippen LogP) is 5.64. The Kier molecular flexibility index (Phi) is 9.26. The van der Waals surface area contributed by atoms with Crippen LogP contribution in [0.25, 0.3) is 6.08 Å². The van der Waals surface area contributed by atoms with E-state index in [4.69, 9.17) is 11.6 Å². The van der Waals surface area contributed by atoms with Crippen LogP contribution in [0.5, 0.6) is 0 Å². The summed E-state index contributed by atoms with van der Waals surface area (Å²) in [6, 6.07) is 22.7. The van der Waals surface area contributed by atoms with Gasteiger partial charge in [0.1, 0.15) is 10.7 Å². The molecule has 0 saturated carbocycles. The van der Waals surface area contributed by atoms with Crippen LogP contribution in [0.4, 0.5) is 10.8 Å². The van der Waals surface area contributed by atoms with Gasteiger partial charge in [0.2, 0.25) is 11.0 Å². The summed E-state index contributed by atoms with van der Waals surface area (Å²) in [7, 11) is 0. The van der Waals surface area contributed by atoms with E-state index in [1.807, 2.05) is 6.92 Å². The zero-order chi connectivity index (χ0) is 26.9. The van der Waals surface area contributed by atoms with Gasteiger partial charge < -0.3 is 10.6 Å². The van der Waals surface area contributed by atoms with Crippen molar-refractivity contribution >= 4 is 69.3 Å². The second-order valence-electron chi connectivity index (χ2n) is 7.84. The Bertz CT molecular complexity index is 1470. The maximum Gasteiger partial charge on any atom is 0.272 e. The number of aromatic nitrogens is 2. The van der Waals surface area contributed by atoms with E-state index in [1.165, 1.54) is 29.2 Å². The predicted molar refractivity (Wildman–Crippen MR) is 152 cm³/mol. The lowest BCUT2D eigenvalue weighted by Crippen LogP contribution is -2.30. The summed E-state index contributed by atoms with van der Waals surface area (Å²) in [6.07, 6.45) is 1.53. The Morgan fingerprint density at radius 1 is 0.921 bits per heavy atom. The van der Waals surface area contributed by atoms with Crippen LogP contribution in [-0.4, -0.2) is 33.7 Å². The number of rotatable bonds is 9. The van der Waals surface area contributed by atoms with Crippen LogP contribution in [0, 0.1) is 6.92 Å². The third-order valence-corrected chi connectivity index (χ3v) is 7.10. The number of nitrogens with zero attached hydrogens (tertiary/aromatic N) is 2. The van der Waals surface area contributed by atoms with Crippen molar-refractivity contribution in [1.82, 2.24) is 15.5 Å². The number of halogens is 1. The van der Waals surface area contributed by atoms with Crippen molar-refractivity contribution in [2.75, 3.05) is 16.4 Å². The summed E-state index contributed by atoms with van der Waals surface area (Å²) in [5, 5.41) is 17.6. The minimum absolute atomic E-state index is 0.0361. The Morgan fingerprint density at radius 3 is 2.32 bits per heavy atom. The number of benzene rings is 3. The molecule has 1 heterocycles. The van der Waals surface area contributed by atoms with Crippen LogP contribution in [0.2, 0.25) is 5.02 Å². The van der Waals surface area contributed by atoms with Crippen LogP contribution in [0.3, 0.4) is 0 Å². The number of carbonyl (C=O) groups excluding carboxylic acids is 3. The first-order valence-corrected chi connectivity index (χ1v) is 13.5. The van der Waals surface area contributed by atoms with Gasteiger partial charge in [0, 0.05) is 21.2 Å². The van der Waals surface area contributed by atoms with Gasteiger partial charge in [-0.05, 0) is 61.0 Å². The largest absolute Gasteiger partial charge is 0.321 e. The molecule has 38 heavy (non-hydrogen) atoms. The molecular formula is C27H22ClN5O3S2. The Morgan fingerprint density at radius 2 is 1.63 bits per heavy atom. The lowest BCUT2D eigenvalue weighted by molar-refractivity contribution is -0.114. The molecular weight excluding hydrogens is 542 g/mol. The van der Waals surface area contributed by atoms with Crippen LogP contribution in [0.1, 0.15) is 20.9 Å². The first-order chi connectivity index (χ1) is 18.4. The van der Waals surface area contributed by atoms with Crippen molar-refractivity contribution in [1.29, 1.82) is 0 Å². The maximum atomic E-state index is 13.2. The Balaban J connectivity index is 1.41. The molecule has 11 heteroatoms. The Labute approximate surface area is 232 Å². The van der Waals surface area contributed by atoms with Crippen LogP contribution in [-0.2, 0) is 9.59 Å². The van der Waals surface area contributed by atoms with Crippen molar-refractivity contribution < 1.29 is 14.4 Å². The van der Waals surface area contributed by atoms with Crippen LogP contribution < -0.4 is 16.0 Å². The molecule has 3 aromatic carbocycles. The van der Waals surface area contributed by atoms with Crippen LogP contribution in [0.15, 0.2) is 89.5 Å². The molecule has 4 aromatic rings. The van der Waals surface area contributed by atoms with Gasteiger partial charge >= 0.3 is 0 Å². The molecule has 0 atom stereocenters. The van der Waals surface area contributed by atoms with Gasteiger partial charge in [-0.1, -0.05) is 59.3 Å². The monoisotopic (exact) mass is 563 g/mol. The zero-order valence-electron chi connectivity index (χ0n) is 20.1. The molecule has 3 N–H and O–H groups in total. The number of amides is 3. The molecule has 0 fully saturated rings. The van der Waals surface area contributed by atoms with Gasteiger partial charge in [0.05, 0.1) is 5.75 Å². The number of anilines is 2. The lowest BCUT2D eigenvalue weighted by atomic mass is 10.1. The molecule has 0 unspecified atom stereocenters. The van der Waals surface area contributed by atoms with E-state index in [9.17, 15) is 14.4 Å². The number of aryl methyl sites for hydroxylation is 1. The summed E-state index contributed by atoms with van der Waals surface area (Å²) >= 11 is 8.93. The number of hydrogen-bond donors (Lipinski definition) is 3. The molecule has 0 aliphatic carbocycles. The molecule has 0 radical (unpaired) electrons. The molecule has 0 spiro atoms. The van der Waals surface area contributed by atoms with Gasteiger partial charge in [-0.15, -0.1) is 22.0 Å². The highest BCUT2D eigenvalue weighted by molar-refractivity contribution is 8.00. The van der Waals surface area contributed by atoms with Gasteiger partial charge in [-0.3, -0.25) is 19.7 Å². The highest BCUT2D eigenvalue weighted by Crippen LogP contribution is 2.22. The molecule has 0 aliphatic rings. The first-order valence-electron chi connectivity index (χ1n) is 11.3. The normalized spacial score (nSPS) is 11.1. The summed E-state index contributed by atoms with van der Waals surface area (Å²) < 4.78 is 0. The fraction of sp³-hybridized carbons (Fsp3) is 0.0741. The second kappa shape index (κ2) is 13.0. The molecule has 192 valence electrons. The quantitative estimate of drug-likeness (QED) is 0.179. The van der Waals surface area contributed by atoms with Crippen molar-refractivity contribution in [3.8, 4) is 0 Å². The van der Waals surface area contributed by atoms with Gasteiger partial charge in [-0.25, -0.2) is 0 Å². The van der Waals surface area contributed by atoms with E-state index in [0.29, 0.717) is 27.0 Å². The SMILES string of the molecule is Cc1nnc(NC(=O)CSc2ccc(NC(=O)/C(=C/c3ccccc3Cl)NC(=O)c3ccccc3)cc2)s1. The summed E-state index contributed by atoms with van der Waals surface area (Å²) in [5.74, 6) is -0.929. The highest BCUT2D eigenvalue weighted by Gasteiger charge is 2.16. The molecule has 4 rings (SSSR count). The molecule has 1 aromatic heterocycles. The molecule has 0 bridgehead atoms. The molecule has 0 saturated heterocycles. The second-order valence-corrected chi connectivity index (χ2v) is 10.5. The topological polar surface area (TPSA) is 113 Å². The van der Waals surface area contributed by atoms with Crippen LogP contribution >= 0.6 is 34.7 Å². The Hall–Kier alpha value is -3.99. The van der Waals surface area contributed by atoms with Crippen molar-refractivity contribution in [2.45, 2.75) is 11.8 Å². The van der Waals surface area contributed by atoms with Gasteiger partial charge in [-0.2, -0.15) is 0 Å². The van der Waals surface area contributed by atoms with E-state index in [1.54, 1.807) is 78.9 Å². The molecule has 0 aliphatic heterocycles. The number of nitrogens with one attached hydrogen (secondary N) is 3. The molecule has 8 nitrogen and oxygen atoms in total. The minimum Gasteiger partial charge on any atom is -0.321 e. The minimum atomic E-state index is -0.513.